The maximum absolute atomic E-state index is 11.2. The van der Waals surface area contributed by atoms with Crippen molar-refractivity contribution in [3.05, 3.63) is 30.0 Å². The first kappa shape index (κ1) is 13.0. The second-order valence-corrected chi connectivity index (χ2v) is 5.24. The van der Waals surface area contributed by atoms with Gasteiger partial charge in [0.05, 0.1) is 19.6 Å². The van der Waals surface area contributed by atoms with Crippen LogP contribution in [-0.2, 0) is 11.3 Å². The topological polar surface area (TPSA) is 68.7 Å². The van der Waals surface area contributed by atoms with E-state index in [2.05, 4.69) is 4.90 Å². The first-order chi connectivity index (χ1) is 9.65. The van der Waals surface area contributed by atoms with Gasteiger partial charge in [0.2, 0.25) is 5.91 Å². The lowest BCUT2D eigenvalue weighted by Gasteiger charge is -2.12. The minimum Gasteiger partial charge on any atom is -0.497 e. The van der Waals surface area contributed by atoms with E-state index in [4.69, 9.17) is 14.9 Å². The average Bonchev–Trinajstić information content (AvgIpc) is 3.04. The van der Waals surface area contributed by atoms with Gasteiger partial charge in [0.1, 0.15) is 17.1 Å². The minimum absolute atomic E-state index is 0.0283. The van der Waals surface area contributed by atoms with E-state index in [1.165, 1.54) is 0 Å². The van der Waals surface area contributed by atoms with E-state index in [-0.39, 0.29) is 11.8 Å². The molecule has 0 aliphatic carbocycles. The van der Waals surface area contributed by atoms with E-state index < -0.39 is 0 Å². The molecule has 0 bridgehead atoms. The Balaban J connectivity index is 1.73. The molecule has 2 aromatic rings. The summed E-state index contributed by atoms with van der Waals surface area (Å²) in [5, 5.41) is 1.03. The predicted molar refractivity (Wildman–Crippen MR) is 75.3 cm³/mol. The zero-order chi connectivity index (χ0) is 14.1. The van der Waals surface area contributed by atoms with Crippen LogP contribution in [0.1, 0.15) is 12.2 Å². The number of primary amides is 1. The lowest BCUT2D eigenvalue weighted by atomic mass is 10.1. The van der Waals surface area contributed by atoms with Crippen molar-refractivity contribution < 1.29 is 13.9 Å². The van der Waals surface area contributed by atoms with Gasteiger partial charge in [0, 0.05) is 11.9 Å². The summed E-state index contributed by atoms with van der Waals surface area (Å²) < 4.78 is 11.0. The standard InChI is InChI=1S/C15H18N2O3/c1-19-12-2-3-14-11(6-12)7-13(20-14)9-17-5-4-10(8-17)15(16)18/h2-3,6-7,10H,4-5,8-9H2,1H3,(H2,16,18). The number of amides is 1. The minimum atomic E-state index is -0.207. The van der Waals surface area contributed by atoms with Crippen LogP contribution in [0.4, 0.5) is 0 Å². The van der Waals surface area contributed by atoms with E-state index in [1.807, 2.05) is 24.3 Å². The molecule has 1 atom stereocenters. The largest absolute Gasteiger partial charge is 0.497 e. The lowest BCUT2D eigenvalue weighted by Crippen LogP contribution is -2.27. The van der Waals surface area contributed by atoms with Gasteiger partial charge in [-0.15, -0.1) is 0 Å². The number of carbonyl (C=O) groups excluding carboxylic acids is 1. The second-order valence-electron chi connectivity index (χ2n) is 5.24. The molecule has 20 heavy (non-hydrogen) atoms. The Labute approximate surface area is 117 Å². The number of ether oxygens (including phenoxy) is 1. The highest BCUT2D eigenvalue weighted by Crippen LogP contribution is 2.26. The molecule has 0 radical (unpaired) electrons. The van der Waals surface area contributed by atoms with Gasteiger partial charge in [-0.1, -0.05) is 0 Å². The van der Waals surface area contributed by atoms with Gasteiger partial charge in [0.15, 0.2) is 0 Å². The number of rotatable bonds is 4. The number of fused-ring (bicyclic) bond motifs is 1. The van der Waals surface area contributed by atoms with Gasteiger partial charge >= 0.3 is 0 Å². The normalized spacial score (nSPS) is 19.6. The molecule has 5 heteroatoms. The van der Waals surface area contributed by atoms with Crippen molar-refractivity contribution in [1.29, 1.82) is 0 Å². The molecule has 1 unspecified atom stereocenters. The summed E-state index contributed by atoms with van der Waals surface area (Å²) in [6, 6.07) is 7.77. The third-order valence-electron chi connectivity index (χ3n) is 3.83. The van der Waals surface area contributed by atoms with E-state index in [0.29, 0.717) is 6.54 Å². The zero-order valence-electron chi connectivity index (χ0n) is 11.5. The number of furan rings is 1. The zero-order valence-corrected chi connectivity index (χ0v) is 11.5. The van der Waals surface area contributed by atoms with Crippen molar-refractivity contribution in [3.63, 3.8) is 0 Å². The number of carbonyl (C=O) groups is 1. The SMILES string of the molecule is COc1ccc2oc(CN3CCC(C(N)=O)C3)cc2c1. The molecule has 1 aliphatic heterocycles. The van der Waals surface area contributed by atoms with Crippen molar-refractivity contribution in [2.75, 3.05) is 20.2 Å². The van der Waals surface area contributed by atoms with Crippen LogP contribution in [0.3, 0.4) is 0 Å². The van der Waals surface area contributed by atoms with Crippen molar-refractivity contribution in [2.24, 2.45) is 11.7 Å². The highest BCUT2D eigenvalue weighted by molar-refractivity contribution is 5.79. The van der Waals surface area contributed by atoms with Gasteiger partial charge in [-0.05, 0) is 37.2 Å². The van der Waals surface area contributed by atoms with Gasteiger partial charge < -0.3 is 14.9 Å². The molecule has 0 spiro atoms. The first-order valence-corrected chi connectivity index (χ1v) is 6.74. The van der Waals surface area contributed by atoms with Crippen molar-refractivity contribution in [1.82, 2.24) is 4.90 Å². The van der Waals surface area contributed by atoms with Gasteiger partial charge in [-0.3, -0.25) is 9.69 Å². The van der Waals surface area contributed by atoms with Crippen LogP contribution in [0, 0.1) is 5.92 Å². The number of nitrogens with two attached hydrogens (primary N) is 1. The Morgan fingerprint density at radius 1 is 1.50 bits per heavy atom. The number of methoxy groups -OCH3 is 1. The summed E-state index contributed by atoms with van der Waals surface area (Å²) in [5.41, 5.74) is 6.20. The molecule has 2 N–H and O–H groups in total. The van der Waals surface area contributed by atoms with Crippen molar-refractivity contribution in [3.8, 4) is 5.75 Å². The number of hydrogen-bond acceptors (Lipinski definition) is 4. The van der Waals surface area contributed by atoms with Crippen molar-refractivity contribution in [2.45, 2.75) is 13.0 Å². The number of benzene rings is 1. The van der Waals surface area contributed by atoms with Crippen LogP contribution >= 0.6 is 0 Å². The van der Waals surface area contributed by atoms with E-state index in [1.54, 1.807) is 7.11 Å². The molecular formula is C15H18N2O3. The monoisotopic (exact) mass is 274 g/mol. The van der Waals surface area contributed by atoms with Gasteiger partial charge in [0.25, 0.3) is 0 Å². The summed E-state index contributed by atoms with van der Waals surface area (Å²) in [6.45, 7) is 2.31. The van der Waals surface area contributed by atoms with Crippen molar-refractivity contribution >= 4 is 16.9 Å². The van der Waals surface area contributed by atoms with E-state index in [0.717, 1.165) is 42.0 Å². The van der Waals surface area contributed by atoms with Crippen LogP contribution < -0.4 is 10.5 Å². The van der Waals surface area contributed by atoms with Crippen LogP contribution in [0.25, 0.3) is 11.0 Å². The summed E-state index contributed by atoms with van der Waals surface area (Å²) in [6.07, 6.45) is 0.837. The molecule has 1 saturated heterocycles. The molecule has 1 aromatic carbocycles. The van der Waals surface area contributed by atoms with Gasteiger partial charge in [-0.25, -0.2) is 0 Å². The molecule has 106 valence electrons. The fraction of sp³-hybridized carbons (Fsp3) is 0.400. The molecule has 3 rings (SSSR count). The number of hydrogen-bond donors (Lipinski definition) is 1. The van der Waals surface area contributed by atoms with E-state index >= 15 is 0 Å². The Morgan fingerprint density at radius 3 is 3.05 bits per heavy atom. The maximum Gasteiger partial charge on any atom is 0.221 e. The third-order valence-corrected chi connectivity index (χ3v) is 3.83. The summed E-state index contributed by atoms with van der Waals surface area (Å²) in [4.78, 5) is 13.4. The number of nitrogens with zero attached hydrogens (tertiary/aromatic N) is 1. The molecular weight excluding hydrogens is 256 g/mol. The van der Waals surface area contributed by atoms with Crippen LogP contribution in [-0.4, -0.2) is 31.0 Å². The fourth-order valence-electron chi connectivity index (χ4n) is 2.71. The molecule has 1 aliphatic rings. The Kier molecular flexibility index (Phi) is 3.36. The Morgan fingerprint density at radius 2 is 2.35 bits per heavy atom. The summed E-state index contributed by atoms with van der Waals surface area (Å²) >= 11 is 0. The highest BCUT2D eigenvalue weighted by Gasteiger charge is 2.27. The van der Waals surface area contributed by atoms with Crippen LogP contribution in [0.15, 0.2) is 28.7 Å². The third kappa shape index (κ3) is 2.49. The second kappa shape index (κ2) is 5.17. The van der Waals surface area contributed by atoms with Crippen LogP contribution in [0.2, 0.25) is 0 Å². The molecule has 1 aromatic heterocycles. The highest BCUT2D eigenvalue weighted by atomic mass is 16.5. The quantitative estimate of drug-likeness (QED) is 0.922. The predicted octanol–water partition coefficient (Wildman–Crippen LogP) is 1.75. The van der Waals surface area contributed by atoms with Crippen LogP contribution in [0.5, 0.6) is 5.75 Å². The maximum atomic E-state index is 11.2. The molecule has 1 fully saturated rings. The molecule has 2 heterocycles. The molecule has 0 saturated carbocycles. The Bertz CT molecular complexity index is 635. The smallest absolute Gasteiger partial charge is 0.221 e. The Hall–Kier alpha value is -2.01. The number of likely N-dealkylation sites (tertiary alicyclic amines) is 1. The lowest BCUT2D eigenvalue weighted by molar-refractivity contribution is -0.121. The molecule has 5 nitrogen and oxygen atoms in total. The summed E-state index contributed by atoms with van der Waals surface area (Å²) in [7, 11) is 1.65. The molecule has 1 amide bonds. The average molecular weight is 274 g/mol. The first-order valence-electron chi connectivity index (χ1n) is 6.74. The van der Waals surface area contributed by atoms with Gasteiger partial charge in [-0.2, -0.15) is 0 Å². The fourth-order valence-corrected chi connectivity index (χ4v) is 2.71. The summed E-state index contributed by atoms with van der Waals surface area (Å²) in [5.74, 6) is 1.49. The van der Waals surface area contributed by atoms with E-state index in [9.17, 15) is 4.79 Å².